The van der Waals surface area contributed by atoms with E-state index in [0.717, 1.165) is 17.1 Å². The maximum atomic E-state index is 13.0. The smallest absolute Gasteiger partial charge is 0.139 e. The molecule has 0 spiro atoms. The molecule has 0 radical (unpaired) electrons. The summed E-state index contributed by atoms with van der Waals surface area (Å²) >= 11 is 0. The molecule has 74 valence electrons. The van der Waals surface area contributed by atoms with E-state index in [1.54, 1.807) is 0 Å². The largest absolute Gasteiger partial charge is 0.207 e. The Morgan fingerprint density at radius 2 is 1.47 bits per heavy atom. The van der Waals surface area contributed by atoms with Crippen molar-refractivity contribution >= 4 is 13.3 Å². The third kappa shape index (κ3) is 2.24. The fourth-order valence-electron chi connectivity index (χ4n) is 1.55. The standard InChI is InChI=1S/C12H9BF2/c13-10-3-1-2-8(4-10)9-5-11(14)7-12(15)6-9/h1-7H,13H2. The van der Waals surface area contributed by atoms with E-state index in [4.69, 9.17) is 0 Å². The first kappa shape index (κ1) is 9.90. The van der Waals surface area contributed by atoms with Gasteiger partial charge in [0.05, 0.1) is 0 Å². The van der Waals surface area contributed by atoms with Crippen molar-refractivity contribution in [3.05, 3.63) is 54.1 Å². The van der Waals surface area contributed by atoms with E-state index in [-0.39, 0.29) is 0 Å². The zero-order chi connectivity index (χ0) is 10.8. The minimum absolute atomic E-state index is 0.550. The molecule has 0 unspecified atom stereocenters. The van der Waals surface area contributed by atoms with Crippen LogP contribution in [0.1, 0.15) is 0 Å². The molecule has 0 saturated heterocycles. The fourth-order valence-corrected chi connectivity index (χ4v) is 1.55. The van der Waals surface area contributed by atoms with Gasteiger partial charge in [0.2, 0.25) is 0 Å². The van der Waals surface area contributed by atoms with E-state index >= 15 is 0 Å². The van der Waals surface area contributed by atoms with Crippen LogP contribution in [-0.4, -0.2) is 7.85 Å². The van der Waals surface area contributed by atoms with Gasteiger partial charge in [-0.25, -0.2) is 8.78 Å². The highest BCUT2D eigenvalue weighted by atomic mass is 19.1. The van der Waals surface area contributed by atoms with Gasteiger partial charge in [0.25, 0.3) is 0 Å². The monoisotopic (exact) mass is 202 g/mol. The van der Waals surface area contributed by atoms with Crippen LogP contribution in [0, 0.1) is 11.6 Å². The average Bonchev–Trinajstić information content (AvgIpc) is 2.16. The molecule has 0 heterocycles. The van der Waals surface area contributed by atoms with Gasteiger partial charge in [-0.2, -0.15) is 0 Å². The Morgan fingerprint density at radius 1 is 0.800 bits per heavy atom. The lowest BCUT2D eigenvalue weighted by molar-refractivity contribution is 0.584. The molecule has 0 N–H and O–H groups in total. The molecule has 2 aromatic rings. The number of hydrogen-bond donors (Lipinski definition) is 0. The summed E-state index contributed by atoms with van der Waals surface area (Å²) in [5, 5.41) is 0. The normalized spacial score (nSPS) is 10.3. The summed E-state index contributed by atoms with van der Waals surface area (Å²) in [4.78, 5) is 0. The molecule has 3 heteroatoms. The van der Waals surface area contributed by atoms with Gasteiger partial charge in [0.1, 0.15) is 19.5 Å². The summed E-state index contributed by atoms with van der Waals surface area (Å²) in [6.45, 7) is 0. The Bertz CT molecular complexity index is 474. The summed E-state index contributed by atoms with van der Waals surface area (Å²) < 4.78 is 25.9. The van der Waals surface area contributed by atoms with Crippen LogP contribution >= 0.6 is 0 Å². The molecule has 0 amide bonds. The van der Waals surface area contributed by atoms with Crippen LogP contribution < -0.4 is 5.46 Å². The van der Waals surface area contributed by atoms with Gasteiger partial charge in [-0.15, -0.1) is 0 Å². The lowest BCUT2D eigenvalue weighted by Crippen LogP contribution is -2.00. The van der Waals surface area contributed by atoms with Gasteiger partial charge >= 0.3 is 0 Å². The molecule has 0 aromatic heterocycles. The SMILES string of the molecule is Bc1cccc(-c2cc(F)cc(F)c2)c1. The van der Waals surface area contributed by atoms with Crippen LogP contribution in [0.25, 0.3) is 11.1 Å². The summed E-state index contributed by atoms with van der Waals surface area (Å²) in [6, 6.07) is 11.1. The Hall–Kier alpha value is -1.64. The van der Waals surface area contributed by atoms with Crippen molar-refractivity contribution in [2.24, 2.45) is 0 Å². The summed E-state index contributed by atoms with van der Waals surface area (Å²) in [5.74, 6) is -1.10. The maximum absolute atomic E-state index is 13.0. The second kappa shape index (κ2) is 3.85. The van der Waals surface area contributed by atoms with Crippen LogP contribution in [0.2, 0.25) is 0 Å². The molecule has 0 aliphatic heterocycles. The van der Waals surface area contributed by atoms with Gasteiger partial charge < -0.3 is 0 Å². The first-order valence-electron chi connectivity index (χ1n) is 4.68. The van der Waals surface area contributed by atoms with E-state index in [2.05, 4.69) is 0 Å². The minimum atomic E-state index is -0.550. The molecule has 15 heavy (non-hydrogen) atoms. The van der Waals surface area contributed by atoms with Crippen LogP contribution in [0.4, 0.5) is 8.78 Å². The zero-order valence-corrected chi connectivity index (χ0v) is 8.30. The van der Waals surface area contributed by atoms with Crippen LogP contribution in [0.15, 0.2) is 42.5 Å². The predicted molar refractivity (Wildman–Crippen MR) is 60.0 cm³/mol. The van der Waals surface area contributed by atoms with Crippen molar-refractivity contribution in [3.63, 3.8) is 0 Å². The highest BCUT2D eigenvalue weighted by Gasteiger charge is 2.02. The zero-order valence-electron chi connectivity index (χ0n) is 8.30. The summed E-state index contributed by atoms with van der Waals surface area (Å²) in [5.41, 5.74) is 2.46. The molecule has 0 atom stereocenters. The third-order valence-electron chi connectivity index (χ3n) is 2.21. The minimum Gasteiger partial charge on any atom is -0.207 e. The Labute approximate surface area is 88.0 Å². The molecule has 2 aromatic carbocycles. The van der Waals surface area contributed by atoms with Gasteiger partial charge in [0.15, 0.2) is 0 Å². The molecule has 0 aliphatic rings. The molecule has 0 aliphatic carbocycles. The first-order valence-corrected chi connectivity index (χ1v) is 4.68. The lowest BCUT2D eigenvalue weighted by atomic mass is 9.92. The van der Waals surface area contributed by atoms with Crippen molar-refractivity contribution in [3.8, 4) is 11.1 Å². The maximum Gasteiger partial charge on any atom is 0.139 e. The van der Waals surface area contributed by atoms with Crippen LogP contribution in [0.3, 0.4) is 0 Å². The van der Waals surface area contributed by atoms with Crippen LogP contribution in [0.5, 0.6) is 0 Å². The summed E-state index contributed by atoms with van der Waals surface area (Å²) in [6.07, 6.45) is 0. The molecular formula is C12H9BF2. The molecule has 0 fully saturated rings. The van der Waals surface area contributed by atoms with Gasteiger partial charge in [-0.3, -0.25) is 0 Å². The van der Waals surface area contributed by atoms with Gasteiger partial charge in [-0.05, 0) is 23.3 Å². The van der Waals surface area contributed by atoms with Gasteiger partial charge in [0, 0.05) is 6.07 Å². The van der Waals surface area contributed by atoms with Crippen molar-refractivity contribution in [2.75, 3.05) is 0 Å². The van der Waals surface area contributed by atoms with E-state index in [1.807, 2.05) is 32.1 Å². The third-order valence-corrected chi connectivity index (χ3v) is 2.21. The number of rotatable bonds is 1. The van der Waals surface area contributed by atoms with Crippen molar-refractivity contribution in [2.45, 2.75) is 0 Å². The quantitative estimate of drug-likeness (QED) is 0.619. The number of benzene rings is 2. The average molecular weight is 202 g/mol. The first-order chi connectivity index (χ1) is 7.15. The predicted octanol–water partition coefficient (Wildman–Crippen LogP) is 1.89. The van der Waals surface area contributed by atoms with Crippen molar-refractivity contribution in [1.82, 2.24) is 0 Å². The molecule has 2 rings (SSSR count). The second-order valence-electron chi connectivity index (χ2n) is 3.53. The Kier molecular flexibility index (Phi) is 2.54. The highest BCUT2D eigenvalue weighted by Crippen LogP contribution is 2.20. The molecular weight excluding hydrogens is 193 g/mol. The molecule has 0 bridgehead atoms. The van der Waals surface area contributed by atoms with E-state index < -0.39 is 11.6 Å². The molecule has 0 saturated carbocycles. The van der Waals surface area contributed by atoms with Crippen molar-refractivity contribution < 1.29 is 8.78 Å². The topological polar surface area (TPSA) is 0 Å². The van der Waals surface area contributed by atoms with E-state index in [9.17, 15) is 8.78 Å². The number of hydrogen-bond acceptors (Lipinski definition) is 0. The fraction of sp³-hybridized carbons (Fsp3) is 0. The van der Waals surface area contributed by atoms with Gasteiger partial charge in [-0.1, -0.05) is 29.7 Å². The lowest BCUT2D eigenvalue weighted by Gasteiger charge is -2.03. The highest BCUT2D eigenvalue weighted by molar-refractivity contribution is 6.32. The van der Waals surface area contributed by atoms with Crippen molar-refractivity contribution in [1.29, 1.82) is 0 Å². The Balaban J connectivity index is 2.54. The van der Waals surface area contributed by atoms with E-state index in [0.29, 0.717) is 5.56 Å². The second-order valence-corrected chi connectivity index (χ2v) is 3.53. The number of halogens is 2. The Morgan fingerprint density at radius 3 is 2.07 bits per heavy atom. The summed E-state index contributed by atoms with van der Waals surface area (Å²) in [7, 11) is 1.94. The molecule has 0 nitrogen and oxygen atoms in total. The van der Waals surface area contributed by atoms with E-state index in [1.165, 1.54) is 12.1 Å². The van der Waals surface area contributed by atoms with Crippen LogP contribution in [-0.2, 0) is 0 Å².